The molecule has 0 spiro atoms. The molecule has 3 aromatic rings. The summed E-state index contributed by atoms with van der Waals surface area (Å²) in [5.74, 6) is 0.900. The number of aryl methyl sites for hydroxylation is 1. The van der Waals surface area contributed by atoms with E-state index >= 15 is 0 Å². The molecular weight excluding hydrogens is 332 g/mol. The summed E-state index contributed by atoms with van der Waals surface area (Å²) in [4.78, 5) is 14.1. The predicted octanol–water partition coefficient (Wildman–Crippen LogP) is 3.49. The minimum Gasteiger partial charge on any atom is -0.379 e. The number of thiophene rings is 1. The number of hydrogen-bond acceptors (Lipinski definition) is 6. The molecule has 25 heavy (non-hydrogen) atoms. The second-order valence-corrected chi connectivity index (χ2v) is 7.55. The van der Waals surface area contributed by atoms with Crippen molar-refractivity contribution in [3.8, 4) is 0 Å². The Bertz CT molecular complexity index is 839. The molecule has 1 aliphatic heterocycles. The Balaban J connectivity index is 1.57. The maximum atomic E-state index is 5.53. The van der Waals surface area contributed by atoms with Gasteiger partial charge >= 0.3 is 0 Å². The molecular formula is C19H22N4OS. The first kappa shape index (κ1) is 16.4. The van der Waals surface area contributed by atoms with E-state index in [4.69, 9.17) is 4.74 Å². The molecule has 0 bridgehead atoms. The maximum Gasteiger partial charge on any atom is 0.137 e. The van der Waals surface area contributed by atoms with E-state index in [-0.39, 0.29) is 0 Å². The van der Waals surface area contributed by atoms with Gasteiger partial charge in [-0.05, 0) is 31.2 Å². The van der Waals surface area contributed by atoms with E-state index in [9.17, 15) is 0 Å². The fourth-order valence-corrected chi connectivity index (χ4v) is 4.28. The number of nitrogens with zero attached hydrogens (tertiary/aromatic N) is 3. The van der Waals surface area contributed by atoms with Crippen LogP contribution in [0.4, 0.5) is 5.82 Å². The van der Waals surface area contributed by atoms with Crippen molar-refractivity contribution in [2.24, 2.45) is 0 Å². The van der Waals surface area contributed by atoms with Gasteiger partial charge in [-0.3, -0.25) is 4.90 Å². The third kappa shape index (κ3) is 3.66. The number of fused-ring (bicyclic) bond motifs is 1. The van der Waals surface area contributed by atoms with Gasteiger partial charge in [-0.25, -0.2) is 9.97 Å². The molecule has 0 aliphatic carbocycles. The first-order valence-corrected chi connectivity index (χ1v) is 9.44. The zero-order valence-corrected chi connectivity index (χ0v) is 15.1. The second-order valence-electron chi connectivity index (χ2n) is 6.23. The summed E-state index contributed by atoms with van der Waals surface area (Å²) in [7, 11) is 0. The number of rotatable bonds is 5. The normalized spacial score (nSPS) is 16.8. The van der Waals surface area contributed by atoms with Crippen molar-refractivity contribution in [2.45, 2.75) is 13.0 Å². The molecule has 130 valence electrons. The van der Waals surface area contributed by atoms with Crippen molar-refractivity contribution in [1.82, 2.24) is 14.9 Å². The highest BCUT2D eigenvalue weighted by Gasteiger charge is 2.24. The van der Waals surface area contributed by atoms with Crippen LogP contribution >= 0.6 is 11.3 Å². The molecule has 5 nitrogen and oxygen atoms in total. The lowest BCUT2D eigenvalue weighted by Gasteiger charge is -2.34. The third-order valence-corrected chi connectivity index (χ3v) is 5.68. The number of ether oxygens (including phenoxy) is 1. The van der Waals surface area contributed by atoms with Gasteiger partial charge in [0.1, 0.15) is 12.1 Å². The highest BCUT2D eigenvalue weighted by molar-refractivity contribution is 7.12. The van der Waals surface area contributed by atoms with E-state index in [1.807, 2.05) is 29.5 Å². The zero-order chi connectivity index (χ0) is 17.1. The molecule has 3 heterocycles. The minimum atomic E-state index is 0.330. The van der Waals surface area contributed by atoms with Crippen LogP contribution in [0, 0.1) is 6.92 Å². The summed E-state index contributed by atoms with van der Waals surface area (Å²) in [6.07, 6.45) is 1.63. The second kappa shape index (κ2) is 7.47. The minimum absolute atomic E-state index is 0.330. The van der Waals surface area contributed by atoms with Crippen LogP contribution in [0.15, 0.2) is 42.7 Å². The molecule has 6 heteroatoms. The molecule has 1 atom stereocenters. The van der Waals surface area contributed by atoms with Crippen molar-refractivity contribution in [1.29, 1.82) is 0 Å². The van der Waals surface area contributed by atoms with Crippen molar-refractivity contribution in [3.05, 3.63) is 52.5 Å². The maximum absolute atomic E-state index is 5.53. The molecule has 0 radical (unpaired) electrons. The van der Waals surface area contributed by atoms with Gasteiger partial charge in [0.25, 0.3) is 0 Å². The van der Waals surface area contributed by atoms with Crippen LogP contribution in [0.5, 0.6) is 0 Å². The van der Waals surface area contributed by atoms with Gasteiger partial charge in [0.2, 0.25) is 0 Å². The highest BCUT2D eigenvalue weighted by Crippen LogP contribution is 2.29. The van der Waals surface area contributed by atoms with Crippen LogP contribution in [0.3, 0.4) is 0 Å². The number of morpholine rings is 1. The van der Waals surface area contributed by atoms with E-state index < -0.39 is 0 Å². The van der Waals surface area contributed by atoms with Crippen molar-refractivity contribution >= 4 is 28.1 Å². The Morgan fingerprint density at radius 3 is 2.80 bits per heavy atom. The van der Waals surface area contributed by atoms with Crippen LogP contribution in [0.2, 0.25) is 0 Å². The highest BCUT2D eigenvalue weighted by atomic mass is 32.1. The van der Waals surface area contributed by atoms with Crippen LogP contribution in [0.1, 0.15) is 15.8 Å². The number of hydrogen-bond donors (Lipinski definition) is 1. The average Bonchev–Trinajstić information content (AvgIpc) is 3.09. The van der Waals surface area contributed by atoms with Crippen molar-refractivity contribution in [2.75, 3.05) is 38.2 Å². The molecule has 4 rings (SSSR count). The van der Waals surface area contributed by atoms with Crippen molar-refractivity contribution in [3.63, 3.8) is 0 Å². The van der Waals surface area contributed by atoms with E-state index in [0.717, 1.165) is 49.6 Å². The van der Waals surface area contributed by atoms with Gasteiger partial charge in [0.05, 0.1) is 24.8 Å². The van der Waals surface area contributed by atoms with Crippen molar-refractivity contribution < 1.29 is 4.74 Å². The molecule has 1 fully saturated rings. The Morgan fingerprint density at radius 2 is 2.00 bits per heavy atom. The van der Waals surface area contributed by atoms with Gasteiger partial charge in [-0.15, -0.1) is 11.3 Å². The standard InChI is InChI=1S/C19H22N4OS/c1-14-6-7-18(25-14)17(23-8-10-24-11-9-23)12-20-19-15-4-2-3-5-16(15)21-13-22-19/h2-7,13,17H,8-12H2,1H3,(H,20,21,22). The van der Waals surface area contributed by atoms with E-state index in [0.29, 0.717) is 6.04 Å². The van der Waals surface area contributed by atoms with E-state index in [1.165, 1.54) is 9.75 Å². The largest absolute Gasteiger partial charge is 0.379 e. The predicted molar refractivity (Wildman–Crippen MR) is 102 cm³/mol. The zero-order valence-electron chi connectivity index (χ0n) is 14.3. The summed E-state index contributed by atoms with van der Waals surface area (Å²) < 4.78 is 5.53. The molecule has 0 amide bonds. The fraction of sp³-hybridized carbons (Fsp3) is 0.368. The average molecular weight is 354 g/mol. The Morgan fingerprint density at radius 1 is 1.16 bits per heavy atom. The topological polar surface area (TPSA) is 50.3 Å². The molecule has 2 aromatic heterocycles. The number of benzene rings is 1. The van der Waals surface area contributed by atoms with Crippen LogP contribution in [-0.4, -0.2) is 47.7 Å². The summed E-state index contributed by atoms with van der Waals surface area (Å²) in [5, 5.41) is 4.63. The quantitative estimate of drug-likeness (QED) is 0.760. The molecule has 1 aromatic carbocycles. The molecule has 1 unspecified atom stereocenters. The SMILES string of the molecule is Cc1ccc(C(CNc2ncnc3ccccc23)N2CCOCC2)s1. The molecule has 1 saturated heterocycles. The summed E-state index contributed by atoms with van der Waals surface area (Å²) in [6, 6.07) is 12.9. The lowest BCUT2D eigenvalue weighted by Crippen LogP contribution is -2.41. The van der Waals surface area contributed by atoms with Gasteiger partial charge in [0.15, 0.2) is 0 Å². The van der Waals surface area contributed by atoms with Gasteiger partial charge in [0, 0.05) is 34.8 Å². The molecule has 1 aliphatic rings. The van der Waals surface area contributed by atoms with Gasteiger partial charge < -0.3 is 10.1 Å². The van der Waals surface area contributed by atoms with Crippen LogP contribution in [-0.2, 0) is 4.74 Å². The number of para-hydroxylation sites is 1. The number of aromatic nitrogens is 2. The summed E-state index contributed by atoms with van der Waals surface area (Å²) >= 11 is 1.87. The van der Waals surface area contributed by atoms with Crippen LogP contribution < -0.4 is 5.32 Å². The number of nitrogens with one attached hydrogen (secondary N) is 1. The molecule has 0 saturated carbocycles. The third-order valence-electron chi connectivity index (χ3n) is 4.58. The first-order valence-electron chi connectivity index (χ1n) is 8.63. The lowest BCUT2D eigenvalue weighted by atomic mass is 10.1. The Hall–Kier alpha value is -2.02. The first-order chi connectivity index (χ1) is 12.3. The Labute approximate surface area is 151 Å². The summed E-state index contributed by atoms with van der Waals surface area (Å²) in [5.41, 5.74) is 0.967. The molecule has 1 N–H and O–H groups in total. The summed E-state index contributed by atoms with van der Waals surface area (Å²) in [6.45, 7) is 6.52. The van der Waals surface area contributed by atoms with E-state index in [1.54, 1.807) is 6.33 Å². The number of anilines is 1. The monoisotopic (exact) mass is 354 g/mol. The van der Waals surface area contributed by atoms with Gasteiger partial charge in [-0.2, -0.15) is 0 Å². The van der Waals surface area contributed by atoms with Gasteiger partial charge in [-0.1, -0.05) is 12.1 Å². The van der Waals surface area contributed by atoms with E-state index in [2.05, 4.69) is 45.3 Å². The van der Waals surface area contributed by atoms with Crippen LogP contribution in [0.25, 0.3) is 10.9 Å². The smallest absolute Gasteiger partial charge is 0.137 e. The lowest BCUT2D eigenvalue weighted by molar-refractivity contribution is 0.0194. The fourth-order valence-electron chi connectivity index (χ4n) is 3.27. The Kier molecular flexibility index (Phi) is 4.92.